The Labute approximate surface area is 158 Å². The minimum atomic E-state index is 0. The molecule has 1 aliphatic rings. The fraction of sp³-hybridized carbons (Fsp3) is 0.250. The van der Waals surface area contributed by atoms with Crippen molar-refractivity contribution in [2.24, 2.45) is 0 Å². The molecule has 0 saturated heterocycles. The van der Waals surface area contributed by atoms with Crippen molar-refractivity contribution in [3.8, 4) is 22.3 Å². The van der Waals surface area contributed by atoms with Crippen LogP contribution in [0.15, 0.2) is 78.9 Å². The van der Waals surface area contributed by atoms with Crippen molar-refractivity contribution in [2.75, 3.05) is 0 Å². The van der Waals surface area contributed by atoms with Crippen molar-refractivity contribution in [1.82, 2.24) is 0 Å². The topological polar surface area (TPSA) is 0 Å². The van der Waals surface area contributed by atoms with E-state index in [2.05, 4.69) is 78.9 Å². The first-order valence-corrected chi connectivity index (χ1v) is 9.16. The lowest BCUT2D eigenvalue weighted by Gasteiger charge is -2.22. The second-order valence-electron chi connectivity index (χ2n) is 6.87. The van der Waals surface area contributed by atoms with Crippen molar-refractivity contribution < 1.29 is 0 Å². The summed E-state index contributed by atoms with van der Waals surface area (Å²) in [6.45, 7) is 0. The van der Waals surface area contributed by atoms with Crippen molar-refractivity contribution >= 4 is 13.5 Å². The van der Waals surface area contributed by atoms with Gasteiger partial charge in [-0.15, -0.1) is 0 Å². The molecule has 0 radical (unpaired) electrons. The Morgan fingerprint density at radius 1 is 0.520 bits per heavy atom. The molecule has 0 N–H and O–H groups in total. The van der Waals surface area contributed by atoms with Gasteiger partial charge in [0.15, 0.2) is 0 Å². The van der Waals surface area contributed by atoms with Crippen LogP contribution in [0.4, 0.5) is 0 Å². The van der Waals surface area contributed by atoms with Crippen LogP contribution in [-0.2, 0) is 0 Å². The van der Waals surface area contributed by atoms with Gasteiger partial charge in [0.1, 0.15) is 0 Å². The summed E-state index contributed by atoms with van der Waals surface area (Å²) in [4.78, 5) is 0. The Morgan fingerprint density at radius 2 is 1.04 bits per heavy atom. The normalized spacial score (nSPS) is 14.7. The van der Waals surface area contributed by atoms with Gasteiger partial charge in [-0.1, -0.05) is 98.1 Å². The summed E-state index contributed by atoms with van der Waals surface area (Å²) in [5.74, 6) is 0.775. The summed E-state index contributed by atoms with van der Waals surface area (Å²) < 4.78 is 0. The van der Waals surface area contributed by atoms with E-state index in [1.807, 2.05) is 0 Å². The molecule has 4 rings (SSSR count). The third-order valence-corrected chi connectivity index (χ3v) is 5.31. The lowest BCUT2D eigenvalue weighted by molar-refractivity contribution is 0.443. The summed E-state index contributed by atoms with van der Waals surface area (Å²) in [7, 11) is 0. The predicted molar refractivity (Wildman–Crippen MR) is 114 cm³/mol. The summed E-state index contributed by atoms with van der Waals surface area (Å²) in [5.41, 5.74) is 6.75. The van der Waals surface area contributed by atoms with Gasteiger partial charge in [0, 0.05) is 0 Å². The summed E-state index contributed by atoms with van der Waals surface area (Å²) in [6.07, 6.45) is 6.92. The van der Waals surface area contributed by atoms with E-state index in [1.165, 1.54) is 59.9 Å². The van der Waals surface area contributed by atoms with Gasteiger partial charge in [-0.25, -0.2) is 0 Å². The minimum absolute atomic E-state index is 0. The monoisotopic (exact) mass is 346 g/mol. The fourth-order valence-corrected chi connectivity index (χ4v) is 3.98. The highest BCUT2D eigenvalue weighted by atomic mass is 32.1. The van der Waals surface area contributed by atoms with E-state index < -0.39 is 0 Å². The smallest absolute Gasteiger partial charge is 0.0105 e. The van der Waals surface area contributed by atoms with Gasteiger partial charge in [-0.2, -0.15) is 13.5 Å². The van der Waals surface area contributed by atoms with Crippen LogP contribution in [0.25, 0.3) is 22.3 Å². The van der Waals surface area contributed by atoms with E-state index in [0.29, 0.717) is 0 Å². The van der Waals surface area contributed by atoms with Crippen LogP contribution in [0.1, 0.15) is 43.6 Å². The zero-order valence-corrected chi connectivity index (χ0v) is 15.6. The van der Waals surface area contributed by atoms with Gasteiger partial charge in [0.2, 0.25) is 0 Å². The van der Waals surface area contributed by atoms with Crippen LogP contribution in [-0.4, -0.2) is 0 Å². The fourth-order valence-electron chi connectivity index (χ4n) is 3.98. The molecule has 128 valence electrons. The maximum Gasteiger partial charge on any atom is -0.0105 e. The largest absolute Gasteiger partial charge is 0.197 e. The molecule has 0 nitrogen and oxygen atoms in total. The summed E-state index contributed by atoms with van der Waals surface area (Å²) in [5, 5.41) is 0. The Bertz CT molecular complexity index is 784. The predicted octanol–water partition coefficient (Wildman–Crippen LogP) is 7.18. The van der Waals surface area contributed by atoms with Gasteiger partial charge < -0.3 is 0 Å². The maximum atomic E-state index is 2.35. The third kappa shape index (κ3) is 3.99. The van der Waals surface area contributed by atoms with Gasteiger partial charge in [-0.3, -0.25) is 0 Å². The highest BCUT2D eigenvalue weighted by Gasteiger charge is 2.15. The van der Waals surface area contributed by atoms with E-state index in [-0.39, 0.29) is 13.5 Å². The molecule has 3 aromatic carbocycles. The van der Waals surface area contributed by atoms with E-state index >= 15 is 0 Å². The Kier molecular flexibility index (Phi) is 5.99. The zero-order valence-electron chi connectivity index (χ0n) is 14.6. The number of hydrogen-bond donors (Lipinski definition) is 0. The maximum absolute atomic E-state index is 2.35. The first-order chi connectivity index (χ1) is 11.9. The average Bonchev–Trinajstić information content (AvgIpc) is 2.69. The molecular formula is C24H26S. The lowest BCUT2D eigenvalue weighted by atomic mass is 9.83. The molecular weight excluding hydrogens is 320 g/mol. The highest BCUT2D eigenvalue weighted by molar-refractivity contribution is 7.59. The molecule has 3 aromatic rings. The quantitative estimate of drug-likeness (QED) is 0.471. The molecule has 0 aromatic heterocycles. The molecule has 25 heavy (non-hydrogen) atoms. The van der Waals surface area contributed by atoms with E-state index in [9.17, 15) is 0 Å². The van der Waals surface area contributed by atoms with E-state index in [4.69, 9.17) is 0 Å². The van der Waals surface area contributed by atoms with Crippen molar-refractivity contribution in [3.05, 3.63) is 84.4 Å². The molecule has 1 saturated carbocycles. The second-order valence-corrected chi connectivity index (χ2v) is 6.87. The summed E-state index contributed by atoms with van der Waals surface area (Å²) in [6, 6.07) is 28.7. The van der Waals surface area contributed by atoms with Crippen molar-refractivity contribution in [3.63, 3.8) is 0 Å². The zero-order chi connectivity index (χ0) is 16.2. The Balaban J connectivity index is 0.00000182. The Hall–Kier alpha value is -1.99. The molecule has 1 aliphatic carbocycles. The molecule has 1 heteroatoms. The van der Waals surface area contributed by atoms with Gasteiger partial charge >= 0.3 is 0 Å². The van der Waals surface area contributed by atoms with Crippen molar-refractivity contribution in [2.45, 2.75) is 38.0 Å². The van der Waals surface area contributed by atoms with Crippen LogP contribution in [0.2, 0.25) is 0 Å². The molecule has 0 spiro atoms. The Morgan fingerprint density at radius 3 is 1.64 bits per heavy atom. The molecule has 0 aliphatic heterocycles. The minimum Gasteiger partial charge on any atom is -0.197 e. The molecule has 0 atom stereocenters. The van der Waals surface area contributed by atoms with Crippen LogP contribution in [0.3, 0.4) is 0 Å². The number of hydrogen-bond acceptors (Lipinski definition) is 0. The average molecular weight is 347 g/mol. The van der Waals surface area contributed by atoms with Crippen LogP contribution in [0.5, 0.6) is 0 Å². The molecule has 1 fully saturated rings. The molecule has 0 heterocycles. The van der Waals surface area contributed by atoms with Gasteiger partial charge in [-0.05, 0) is 46.6 Å². The number of rotatable bonds is 3. The van der Waals surface area contributed by atoms with Crippen LogP contribution >= 0.6 is 13.5 Å². The SMILES string of the molecule is S.c1ccc(-c2ccccc2-c2ccc(C3CCCCC3)cc2)cc1. The van der Waals surface area contributed by atoms with Crippen molar-refractivity contribution in [1.29, 1.82) is 0 Å². The standard InChI is InChI=1S/C24H24.H2S/c1-3-9-19(10-4-1)20-15-17-22(18-16-20)24-14-8-7-13-23(24)21-11-5-2-6-12-21;/h2,5-8,11-19H,1,3-4,9-10H2;1H2. The molecule has 0 bridgehead atoms. The van der Waals surface area contributed by atoms with Crippen LogP contribution < -0.4 is 0 Å². The van der Waals surface area contributed by atoms with E-state index in [0.717, 1.165) is 5.92 Å². The second kappa shape index (κ2) is 8.40. The molecule has 0 amide bonds. The lowest BCUT2D eigenvalue weighted by Crippen LogP contribution is -2.04. The van der Waals surface area contributed by atoms with Gasteiger partial charge in [0.25, 0.3) is 0 Å². The highest BCUT2D eigenvalue weighted by Crippen LogP contribution is 2.35. The third-order valence-electron chi connectivity index (χ3n) is 5.31. The number of benzene rings is 3. The first kappa shape index (κ1) is 17.8. The first-order valence-electron chi connectivity index (χ1n) is 9.16. The summed E-state index contributed by atoms with van der Waals surface area (Å²) >= 11 is 0. The van der Waals surface area contributed by atoms with E-state index in [1.54, 1.807) is 0 Å². The van der Waals surface area contributed by atoms with Gasteiger partial charge in [0.05, 0.1) is 0 Å². The molecule has 0 unspecified atom stereocenters. The van der Waals surface area contributed by atoms with Crippen LogP contribution in [0, 0.1) is 0 Å².